The van der Waals surface area contributed by atoms with E-state index in [1.54, 1.807) is 0 Å². The fourth-order valence-electron chi connectivity index (χ4n) is 3.59. The van der Waals surface area contributed by atoms with Gasteiger partial charge < -0.3 is 20.1 Å². The van der Waals surface area contributed by atoms with Crippen LogP contribution in [0.4, 0.5) is 18.0 Å². The number of nitrogens with zero attached hydrogens (tertiary/aromatic N) is 3. The molecule has 14 heteroatoms. The first kappa shape index (κ1) is 24.1. The summed E-state index contributed by atoms with van der Waals surface area (Å²) in [4.78, 5) is 25.3. The van der Waals surface area contributed by atoms with E-state index in [1.165, 1.54) is 23.2 Å². The zero-order chi connectivity index (χ0) is 25.3. The molecule has 2 amide bonds. The highest BCUT2D eigenvalue weighted by atomic mass is 32.2. The summed E-state index contributed by atoms with van der Waals surface area (Å²) < 4.78 is 68.8. The smallest absolute Gasteiger partial charge is 0.405 e. The van der Waals surface area contributed by atoms with Crippen molar-refractivity contribution >= 4 is 22.0 Å². The molecular weight excluding hydrogens is 493 g/mol. The number of carboxylic acid groups (broad SMARTS) is 1. The Hall–Kier alpha value is -4.07. The molecule has 4 rings (SSSR count). The Morgan fingerprint density at radius 1 is 1.11 bits per heavy atom. The number of ether oxygens (including phenoxy) is 1. The van der Waals surface area contributed by atoms with Crippen molar-refractivity contribution in [1.82, 2.24) is 19.4 Å². The van der Waals surface area contributed by atoms with Gasteiger partial charge >= 0.3 is 12.7 Å². The molecule has 184 valence electrons. The number of nitrogens with one attached hydrogen (secondary N) is 1. The van der Waals surface area contributed by atoms with E-state index in [0.717, 1.165) is 36.4 Å². The summed E-state index contributed by atoms with van der Waals surface area (Å²) in [6.07, 6.45) is -0.269. The number of hydrogen-bond donors (Lipinski definition) is 2. The van der Waals surface area contributed by atoms with Crippen molar-refractivity contribution in [2.45, 2.75) is 30.6 Å². The molecule has 2 aromatic carbocycles. The zero-order valence-electron chi connectivity index (χ0n) is 17.6. The molecule has 1 aliphatic rings. The SMILES string of the molecule is O=C(O)NC(C(=O)N1Cc2cn(S(=O)(=O)c3ccc(OC(F)F)cc3)nc2C1)c1cccc(F)c1. The van der Waals surface area contributed by atoms with E-state index in [9.17, 15) is 31.2 Å². The first-order valence-corrected chi connectivity index (χ1v) is 11.4. The van der Waals surface area contributed by atoms with E-state index in [-0.39, 0.29) is 35.0 Å². The van der Waals surface area contributed by atoms with Crippen LogP contribution in [0.3, 0.4) is 0 Å². The van der Waals surface area contributed by atoms with Crippen LogP contribution in [-0.2, 0) is 27.9 Å². The second-order valence-electron chi connectivity index (χ2n) is 7.46. The Morgan fingerprint density at radius 2 is 1.83 bits per heavy atom. The minimum Gasteiger partial charge on any atom is -0.465 e. The van der Waals surface area contributed by atoms with Crippen LogP contribution in [-0.4, -0.2) is 46.2 Å². The van der Waals surface area contributed by atoms with Gasteiger partial charge in [0.1, 0.15) is 17.6 Å². The van der Waals surface area contributed by atoms with Crippen molar-refractivity contribution in [2.24, 2.45) is 0 Å². The third-order valence-electron chi connectivity index (χ3n) is 5.16. The molecule has 10 nitrogen and oxygen atoms in total. The van der Waals surface area contributed by atoms with Crippen LogP contribution in [0.2, 0.25) is 0 Å². The number of hydrogen-bond acceptors (Lipinski definition) is 6. The molecule has 35 heavy (non-hydrogen) atoms. The second kappa shape index (κ2) is 9.29. The van der Waals surface area contributed by atoms with Crippen molar-refractivity contribution in [3.63, 3.8) is 0 Å². The Bertz CT molecular complexity index is 1350. The normalized spacial score (nSPS) is 14.0. The summed E-state index contributed by atoms with van der Waals surface area (Å²) in [6.45, 7) is -3.22. The molecule has 3 aromatic rings. The second-order valence-corrected chi connectivity index (χ2v) is 9.26. The van der Waals surface area contributed by atoms with Gasteiger partial charge in [0.2, 0.25) is 0 Å². The lowest BCUT2D eigenvalue weighted by molar-refractivity contribution is -0.134. The molecule has 0 aliphatic carbocycles. The molecule has 0 fully saturated rings. The maximum absolute atomic E-state index is 13.6. The number of aromatic nitrogens is 2. The fourth-order valence-corrected chi connectivity index (χ4v) is 4.76. The lowest BCUT2D eigenvalue weighted by atomic mass is 10.1. The molecule has 1 atom stereocenters. The number of carbonyl (C=O) groups is 2. The minimum atomic E-state index is -4.15. The lowest BCUT2D eigenvalue weighted by Crippen LogP contribution is -2.40. The minimum absolute atomic E-state index is 0.0576. The number of carbonyl (C=O) groups excluding carboxylic acids is 1. The largest absolute Gasteiger partial charge is 0.465 e. The van der Waals surface area contributed by atoms with Gasteiger partial charge in [0, 0.05) is 18.3 Å². The van der Waals surface area contributed by atoms with Crippen LogP contribution in [0, 0.1) is 5.82 Å². The van der Waals surface area contributed by atoms with Crippen molar-refractivity contribution in [2.75, 3.05) is 0 Å². The number of fused-ring (bicyclic) bond motifs is 1. The van der Waals surface area contributed by atoms with Crippen molar-refractivity contribution < 1.29 is 41.0 Å². The molecule has 1 aromatic heterocycles. The van der Waals surface area contributed by atoms with Gasteiger partial charge in [0.25, 0.3) is 15.9 Å². The number of halogens is 3. The standard InChI is InChI=1S/C21H17F3N4O6S/c22-14-3-1-2-12(8-14)18(25-21(30)31)19(29)27-9-13-10-28(26-17(13)11-27)35(32,33)16-6-4-15(5-7-16)34-20(23)24/h1-8,10,18,20,25H,9,11H2,(H,30,31). The molecule has 1 aliphatic heterocycles. The summed E-state index contributed by atoms with van der Waals surface area (Å²) in [5.41, 5.74) is 0.787. The van der Waals surface area contributed by atoms with Crippen molar-refractivity contribution in [1.29, 1.82) is 0 Å². The zero-order valence-corrected chi connectivity index (χ0v) is 18.5. The Kier molecular flexibility index (Phi) is 6.39. The molecule has 2 N–H and O–H groups in total. The average Bonchev–Trinajstić information content (AvgIpc) is 3.37. The molecule has 1 unspecified atom stereocenters. The Labute approximate surface area is 196 Å². The average molecular weight is 510 g/mol. The quantitative estimate of drug-likeness (QED) is 0.500. The molecule has 2 heterocycles. The van der Waals surface area contributed by atoms with E-state index >= 15 is 0 Å². The third-order valence-corrected chi connectivity index (χ3v) is 6.71. The highest BCUT2D eigenvalue weighted by Gasteiger charge is 2.34. The first-order chi connectivity index (χ1) is 16.5. The summed E-state index contributed by atoms with van der Waals surface area (Å²) in [6, 6.07) is 7.91. The van der Waals surface area contributed by atoms with Crippen molar-refractivity contribution in [3.05, 3.63) is 77.4 Å². The van der Waals surface area contributed by atoms with Crippen LogP contribution >= 0.6 is 0 Å². The number of amides is 2. The predicted molar refractivity (Wildman–Crippen MR) is 112 cm³/mol. The molecule has 0 bridgehead atoms. The van der Waals surface area contributed by atoms with E-state index in [2.05, 4.69) is 15.2 Å². The van der Waals surface area contributed by atoms with Crippen LogP contribution in [0.15, 0.2) is 59.6 Å². The monoisotopic (exact) mass is 510 g/mol. The molecule has 0 saturated carbocycles. The van der Waals surface area contributed by atoms with Gasteiger partial charge in [-0.15, -0.1) is 0 Å². The van der Waals surface area contributed by atoms with Gasteiger partial charge in [-0.25, -0.2) is 9.18 Å². The highest BCUT2D eigenvalue weighted by Crippen LogP contribution is 2.28. The van der Waals surface area contributed by atoms with Gasteiger partial charge in [0.05, 0.1) is 17.1 Å². The predicted octanol–water partition coefficient (Wildman–Crippen LogP) is 2.71. The summed E-state index contributed by atoms with van der Waals surface area (Å²) in [5.74, 6) is -1.52. The van der Waals surface area contributed by atoms with Gasteiger partial charge in [0.15, 0.2) is 0 Å². The fraction of sp³-hybridized carbons (Fsp3) is 0.190. The van der Waals surface area contributed by atoms with Gasteiger partial charge in [-0.05, 0) is 42.0 Å². The maximum atomic E-state index is 13.6. The van der Waals surface area contributed by atoms with Crippen LogP contribution in [0.5, 0.6) is 5.75 Å². The van der Waals surface area contributed by atoms with E-state index in [0.29, 0.717) is 9.65 Å². The number of benzene rings is 2. The van der Waals surface area contributed by atoms with Gasteiger partial charge in [-0.2, -0.15) is 26.4 Å². The van der Waals surface area contributed by atoms with Gasteiger partial charge in [-0.1, -0.05) is 12.1 Å². The molecule has 0 spiro atoms. The molecule has 0 radical (unpaired) electrons. The summed E-state index contributed by atoms with van der Waals surface area (Å²) >= 11 is 0. The van der Waals surface area contributed by atoms with Crippen LogP contribution < -0.4 is 10.1 Å². The Balaban J connectivity index is 1.52. The molecule has 0 saturated heterocycles. The Morgan fingerprint density at radius 3 is 2.43 bits per heavy atom. The highest BCUT2D eigenvalue weighted by molar-refractivity contribution is 7.89. The lowest BCUT2D eigenvalue weighted by Gasteiger charge is -2.23. The number of rotatable bonds is 7. The van der Waals surface area contributed by atoms with Crippen LogP contribution in [0.1, 0.15) is 22.9 Å². The summed E-state index contributed by atoms with van der Waals surface area (Å²) in [5, 5.41) is 15.2. The van der Waals surface area contributed by atoms with E-state index in [1.807, 2.05) is 0 Å². The topological polar surface area (TPSA) is 131 Å². The molecular formula is C21H17F3N4O6S. The third kappa shape index (κ3) is 5.06. The van der Waals surface area contributed by atoms with E-state index in [4.69, 9.17) is 5.11 Å². The number of alkyl halides is 2. The van der Waals surface area contributed by atoms with Crippen molar-refractivity contribution in [3.8, 4) is 5.75 Å². The van der Waals surface area contributed by atoms with E-state index < -0.39 is 40.5 Å². The first-order valence-electron chi connectivity index (χ1n) is 9.96. The summed E-state index contributed by atoms with van der Waals surface area (Å²) in [7, 11) is -4.15. The van der Waals surface area contributed by atoms with Gasteiger partial charge in [-0.3, -0.25) is 4.79 Å². The maximum Gasteiger partial charge on any atom is 0.405 e. The van der Waals surface area contributed by atoms with Crippen LogP contribution in [0.25, 0.3) is 0 Å².